The highest BCUT2D eigenvalue weighted by atomic mass is 32.1. The summed E-state index contributed by atoms with van der Waals surface area (Å²) in [5, 5.41) is 13.2. The molecule has 3 heterocycles. The van der Waals surface area contributed by atoms with Crippen molar-refractivity contribution >= 4 is 22.3 Å². The number of fused-ring (bicyclic) bond motifs is 1. The quantitative estimate of drug-likeness (QED) is 0.405. The van der Waals surface area contributed by atoms with Crippen LogP contribution in [0, 0.1) is 5.21 Å². The van der Waals surface area contributed by atoms with E-state index in [-0.39, 0.29) is 17.9 Å². The Bertz CT molecular complexity index is 871. The lowest BCUT2D eigenvalue weighted by Gasteiger charge is -2.05. The van der Waals surface area contributed by atoms with Gasteiger partial charge in [0.1, 0.15) is 6.61 Å². The zero-order valence-electron chi connectivity index (χ0n) is 10.6. The topological polar surface area (TPSA) is 87.6 Å². The fraction of sp³-hybridized carbons (Fsp3) is 0.0769. The SMILES string of the molecule is O=C(OCc1cc(=O)n2ccsc2n1)c1cccc[n+]1[O-]. The van der Waals surface area contributed by atoms with Gasteiger partial charge in [0.15, 0.2) is 11.2 Å². The number of hydrogen-bond acceptors (Lipinski definition) is 6. The van der Waals surface area contributed by atoms with Crippen LogP contribution in [0.25, 0.3) is 4.96 Å². The number of ether oxygens (including phenoxy) is 1. The molecule has 0 spiro atoms. The molecule has 7 nitrogen and oxygen atoms in total. The molecule has 8 heteroatoms. The summed E-state index contributed by atoms with van der Waals surface area (Å²) in [7, 11) is 0. The average Bonchev–Trinajstić information content (AvgIpc) is 2.94. The molecule has 0 unspecified atom stereocenters. The van der Waals surface area contributed by atoms with Crippen LogP contribution in [-0.4, -0.2) is 15.4 Å². The van der Waals surface area contributed by atoms with Gasteiger partial charge in [0.25, 0.3) is 5.56 Å². The fourth-order valence-corrected chi connectivity index (χ4v) is 2.50. The first-order chi connectivity index (χ1) is 10.1. The van der Waals surface area contributed by atoms with Gasteiger partial charge in [-0.3, -0.25) is 9.20 Å². The predicted octanol–water partition coefficient (Wildman–Crippen LogP) is 0.746. The highest BCUT2D eigenvalue weighted by Gasteiger charge is 2.17. The number of carbonyl (C=O) groups is 1. The average molecular weight is 303 g/mol. The number of carbonyl (C=O) groups excluding carboxylic acids is 1. The number of aromatic nitrogens is 3. The smallest absolute Gasteiger partial charge is 0.405 e. The van der Waals surface area contributed by atoms with Gasteiger partial charge in [0.2, 0.25) is 0 Å². The van der Waals surface area contributed by atoms with Crippen molar-refractivity contribution in [2.75, 3.05) is 0 Å². The van der Waals surface area contributed by atoms with Crippen molar-refractivity contribution in [1.82, 2.24) is 9.38 Å². The van der Waals surface area contributed by atoms with Gasteiger partial charge in [-0.2, -0.15) is 4.73 Å². The minimum atomic E-state index is -0.765. The maximum atomic E-state index is 11.8. The maximum absolute atomic E-state index is 11.8. The molecule has 0 radical (unpaired) electrons. The van der Waals surface area contributed by atoms with Gasteiger partial charge >= 0.3 is 11.7 Å². The van der Waals surface area contributed by atoms with E-state index >= 15 is 0 Å². The lowest BCUT2D eigenvalue weighted by Crippen LogP contribution is -2.34. The molecule has 106 valence electrons. The molecule has 0 aliphatic carbocycles. The summed E-state index contributed by atoms with van der Waals surface area (Å²) in [6.07, 6.45) is 2.83. The Kier molecular flexibility index (Phi) is 3.36. The van der Waals surface area contributed by atoms with Crippen molar-refractivity contribution in [1.29, 1.82) is 0 Å². The van der Waals surface area contributed by atoms with E-state index in [4.69, 9.17) is 4.74 Å². The van der Waals surface area contributed by atoms with Gasteiger partial charge in [0, 0.05) is 29.8 Å². The summed E-state index contributed by atoms with van der Waals surface area (Å²) in [6.45, 7) is -0.169. The van der Waals surface area contributed by atoms with Gasteiger partial charge in [-0.15, -0.1) is 11.3 Å². The zero-order valence-corrected chi connectivity index (χ0v) is 11.4. The number of rotatable bonds is 3. The number of pyridine rings is 1. The van der Waals surface area contributed by atoms with Crippen LogP contribution in [0.15, 0.2) is 46.8 Å². The van der Waals surface area contributed by atoms with Crippen molar-refractivity contribution in [3.8, 4) is 0 Å². The van der Waals surface area contributed by atoms with Gasteiger partial charge in [-0.25, -0.2) is 9.78 Å². The summed E-state index contributed by atoms with van der Waals surface area (Å²) in [6, 6.07) is 5.73. The summed E-state index contributed by atoms with van der Waals surface area (Å²) in [5.41, 5.74) is -0.0264. The van der Waals surface area contributed by atoms with E-state index in [1.807, 2.05) is 0 Å². The predicted molar refractivity (Wildman–Crippen MR) is 73.9 cm³/mol. The van der Waals surface area contributed by atoms with E-state index in [9.17, 15) is 14.8 Å². The third-order valence-electron chi connectivity index (χ3n) is 2.74. The number of esters is 1. The van der Waals surface area contributed by atoms with E-state index in [1.54, 1.807) is 17.6 Å². The van der Waals surface area contributed by atoms with Crippen LogP contribution >= 0.6 is 11.3 Å². The van der Waals surface area contributed by atoms with Crippen molar-refractivity contribution in [2.45, 2.75) is 6.61 Å². The Hall–Kier alpha value is -2.74. The number of thiazole rings is 1. The Labute approximate surface area is 122 Å². The van der Waals surface area contributed by atoms with Gasteiger partial charge in [-0.05, 0) is 6.07 Å². The Morgan fingerprint density at radius 1 is 1.48 bits per heavy atom. The molecule has 0 atom stereocenters. The standard InChI is InChI=1S/C13H9N3O4S/c17-11-7-9(14-13-15(11)5-6-21-13)8-20-12(18)10-3-1-2-4-16(10)19/h1-7H,8H2. The highest BCUT2D eigenvalue weighted by Crippen LogP contribution is 2.07. The monoisotopic (exact) mass is 303 g/mol. The largest absolute Gasteiger partial charge is 0.618 e. The van der Waals surface area contributed by atoms with Crippen LogP contribution in [0.3, 0.4) is 0 Å². The Morgan fingerprint density at radius 3 is 3.14 bits per heavy atom. The molecule has 0 aromatic carbocycles. The van der Waals surface area contributed by atoms with E-state index in [0.717, 1.165) is 0 Å². The molecule has 0 N–H and O–H groups in total. The second kappa shape index (κ2) is 5.33. The third-order valence-corrected chi connectivity index (χ3v) is 3.50. The summed E-state index contributed by atoms with van der Waals surface area (Å²) >= 11 is 1.31. The van der Waals surface area contributed by atoms with Crippen LogP contribution in [-0.2, 0) is 11.3 Å². The minimum absolute atomic E-state index is 0.119. The van der Waals surface area contributed by atoms with E-state index in [0.29, 0.717) is 15.4 Å². The molecule has 0 aliphatic rings. The van der Waals surface area contributed by atoms with Crippen LogP contribution < -0.4 is 10.3 Å². The van der Waals surface area contributed by atoms with Crippen molar-refractivity contribution < 1.29 is 14.3 Å². The van der Waals surface area contributed by atoms with Crippen LogP contribution in [0.2, 0.25) is 0 Å². The molecule has 3 aromatic rings. The number of hydrogen-bond donors (Lipinski definition) is 0. The second-order valence-corrected chi connectivity index (χ2v) is 5.00. The first kappa shape index (κ1) is 13.3. The van der Waals surface area contributed by atoms with E-state index < -0.39 is 5.97 Å². The van der Waals surface area contributed by atoms with Crippen LogP contribution in [0.5, 0.6) is 0 Å². The molecular formula is C13H9N3O4S. The molecule has 0 fully saturated rings. The zero-order chi connectivity index (χ0) is 14.8. The lowest BCUT2D eigenvalue weighted by atomic mass is 10.3. The number of nitrogens with zero attached hydrogens (tertiary/aromatic N) is 3. The van der Waals surface area contributed by atoms with Crippen molar-refractivity contribution in [2.24, 2.45) is 0 Å². The first-order valence-corrected chi connectivity index (χ1v) is 6.84. The summed E-state index contributed by atoms with van der Waals surface area (Å²) < 4.78 is 6.83. The Balaban J connectivity index is 1.79. The summed E-state index contributed by atoms with van der Waals surface area (Å²) in [4.78, 5) is 28.3. The molecule has 21 heavy (non-hydrogen) atoms. The second-order valence-electron chi connectivity index (χ2n) is 4.13. The Morgan fingerprint density at radius 2 is 2.33 bits per heavy atom. The fourth-order valence-electron chi connectivity index (χ4n) is 1.76. The van der Waals surface area contributed by atoms with Gasteiger partial charge in [-0.1, -0.05) is 0 Å². The maximum Gasteiger partial charge on any atom is 0.405 e. The van der Waals surface area contributed by atoms with Gasteiger partial charge in [0.05, 0.1) is 5.69 Å². The van der Waals surface area contributed by atoms with E-state index in [1.165, 1.54) is 40.1 Å². The molecule has 3 aromatic heterocycles. The molecule has 0 bridgehead atoms. The molecule has 0 saturated carbocycles. The van der Waals surface area contributed by atoms with Gasteiger partial charge < -0.3 is 9.94 Å². The van der Waals surface area contributed by atoms with Crippen molar-refractivity contribution in [3.05, 3.63) is 69.0 Å². The summed E-state index contributed by atoms with van der Waals surface area (Å²) in [5.74, 6) is -0.765. The minimum Gasteiger partial charge on any atom is -0.618 e. The van der Waals surface area contributed by atoms with Crippen molar-refractivity contribution in [3.63, 3.8) is 0 Å². The first-order valence-electron chi connectivity index (χ1n) is 5.96. The van der Waals surface area contributed by atoms with Crippen LogP contribution in [0.1, 0.15) is 16.2 Å². The molecule has 3 rings (SSSR count). The van der Waals surface area contributed by atoms with Crippen LogP contribution in [0.4, 0.5) is 0 Å². The third kappa shape index (κ3) is 2.61. The molecular weight excluding hydrogens is 294 g/mol. The lowest BCUT2D eigenvalue weighted by molar-refractivity contribution is -0.608. The normalized spacial score (nSPS) is 10.7. The van der Waals surface area contributed by atoms with E-state index in [2.05, 4.69) is 4.98 Å². The molecule has 0 saturated heterocycles. The molecule has 0 amide bonds. The molecule has 0 aliphatic heterocycles. The highest BCUT2D eigenvalue weighted by molar-refractivity contribution is 7.15.